The number of non-ortho nitro benzene ring substituents is 2. The molecular formula is C16H13BN2O10. The van der Waals surface area contributed by atoms with Gasteiger partial charge in [-0.25, -0.2) is 9.59 Å². The van der Waals surface area contributed by atoms with Crippen LogP contribution in [0.2, 0.25) is 0 Å². The number of ether oxygens (including phenoxy) is 2. The monoisotopic (exact) mass is 404 g/mol. The van der Waals surface area contributed by atoms with Gasteiger partial charge in [0, 0.05) is 12.1 Å². The summed E-state index contributed by atoms with van der Waals surface area (Å²) in [4.78, 5) is 43.8. The maximum atomic E-state index is 11.6. The number of methoxy groups -OCH3 is 2. The first-order valence-corrected chi connectivity index (χ1v) is 7.76. The zero-order chi connectivity index (χ0) is 21.6. The van der Waals surface area contributed by atoms with Crippen LogP contribution in [0.5, 0.6) is 11.5 Å². The summed E-state index contributed by atoms with van der Waals surface area (Å²) in [6.45, 7) is 0. The Morgan fingerprint density at radius 3 is 1.45 bits per heavy atom. The lowest BCUT2D eigenvalue weighted by molar-refractivity contribution is -0.385. The Labute approximate surface area is 163 Å². The van der Waals surface area contributed by atoms with Gasteiger partial charge < -0.3 is 18.8 Å². The molecule has 0 spiro atoms. The van der Waals surface area contributed by atoms with Crippen molar-refractivity contribution in [2.75, 3.05) is 14.2 Å². The van der Waals surface area contributed by atoms with Crippen molar-refractivity contribution in [3.63, 3.8) is 0 Å². The van der Waals surface area contributed by atoms with Gasteiger partial charge in [0.1, 0.15) is 11.5 Å². The minimum Gasteiger partial charge on any atom is -0.528 e. The molecule has 0 unspecified atom stereocenters. The molecule has 0 N–H and O–H groups in total. The van der Waals surface area contributed by atoms with Crippen molar-refractivity contribution in [3.8, 4) is 11.5 Å². The molecule has 12 nitrogen and oxygen atoms in total. The molecule has 0 bridgehead atoms. The molecule has 150 valence electrons. The molecule has 0 aliphatic carbocycles. The summed E-state index contributed by atoms with van der Waals surface area (Å²) in [7, 11) is 1.71. The predicted molar refractivity (Wildman–Crippen MR) is 97.3 cm³/mol. The number of carbonyl (C=O) groups is 2. The highest BCUT2D eigenvalue weighted by Gasteiger charge is 2.18. The Bertz CT molecular complexity index is 901. The molecule has 2 aromatic carbocycles. The summed E-state index contributed by atoms with van der Waals surface area (Å²) in [5, 5.41) is 22.0. The maximum absolute atomic E-state index is 11.6. The minimum atomic E-state index is -0.805. The van der Waals surface area contributed by atoms with Crippen molar-refractivity contribution in [3.05, 3.63) is 67.8 Å². The SMILES string of the molecule is COC(=O)c1cc(OBOc2cc(C(=O)OC)cc([N+](=O)[O-])c2)cc([N+](=O)[O-])c1. The molecular weight excluding hydrogens is 391 g/mol. The van der Waals surface area contributed by atoms with E-state index in [1.54, 1.807) is 0 Å². The van der Waals surface area contributed by atoms with E-state index in [1.165, 1.54) is 12.1 Å². The largest absolute Gasteiger partial charge is 0.576 e. The second-order valence-electron chi connectivity index (χ2n) is 5.34. The number of nitro groups is 2. The quantitative estimate of drug-likeness (QED) is 0.275. The Morgan fingerprint density at radius 2 is 1.14 bits per heavy atom. The van der Waals surface area contributed by atoms with Crippen LogP contribution >= 0.6 is 0 Å². The van der Waals surface area contributed by atoms with Crippen molar-refractivity contribution >= 4 is 31.0 Å². The average molecular weight is 404 g/mol. The first kappa shape index (κ1) is 21.1. The van der Waals surface area contributed by atoms with Crippen LogP contribution in [0.1, 0.15) is 20.7 Å². The fourth-order valence-corrected chi connectivity index (χ4v) is 2.18. The van der Waals surface area contributed by atoms with Gasteiger partial charge in [0.25, 0.3) is 11.4 Å². The van der Waals surface area contributed by atoms with Crippen LogP contribution in [0.3, 0.4) is 0 Å². The highest BCUT2D eigenvalue weighted by molar-refractivity contribution is 6.20. The fourth-order valence-electron chi connectivity index (χ4n) is 2.18. The summed E-state index contributed by atoms with van der Waals surface area (Å²) in [6, 6.07) is 6.56. The van der Waals surface area contributed by atoms with Crippen LogP contribution in [0.25, 0.3) is 0 Å². The average Bonchev–Trinajstić information content (AvgIpc) is 2.71. The third kappa shape index (κ3) is 5.41. The van der Waals surface area contributed by atoms with Crippen LogP contribution in [0.4, 0.5) is 11.4 Å². The van der Waals surface area contributed by atoms with Crippen molar-refractivity contribution < 1.29 is 38.2 Å². The van der Waals surface area contributed by atoms with E-state index in [1.807, 2.05) is 0 Å². The van der Waals surface area contributed by atoms with Crippen LogP contribution in [0, 0.1) is 20.2 Å². The molecule has 2 rings (SSSR count). The molecule has 0 saturated heterocycles. The summed E-state index contributed by atoms with van der Waals surface area (Å²) in [5.74, 6) is -1.75. The number of hydrogen-bond donors (Lipinski definition) is 0. The Morgan fingerprint density at radius 1 is 0.759 bits per heavy atom. The van der Waals surface area contributed by atoms with Crippen molar-refractivity contribution in [1.82, 2.24) is 0 Å². The molecule has 0 fully saturated rings. The number of benzene rings is 2. The molecule has 0 amide bonds. The molecule has 0 atom stereocenters. The van der Waals surface area contributed by atoms with Gasteiger partial charge in [-0.15, -0.1) is 0 Å². The Hall–Kier alpha value is -4.16. The van der Waals surface area contributed by atoms with Crippen LogP contribution in [0.15, 0.2) is 36.4 Å². The number of hydrogen-bond acceptors (Lipinski definition) is 10. The highest BCUT2D eigenvalue weighted by Crippen LogP contribution is 2.25. The van der Waals surface area contributed by atoms with Crippen molar-refractivity contribution in [1.29, 1.82) is 0 Å². The normalized spacial score (nSPS) is 9.86. The first-order valence-electron chi connectivity index (χ1n) is 7.76. The van der Waals surface area contributed by atoms with Gasteiger partial charge in [0.15, 0.2) is 0 Å². The minimum absolute atomic E-state index is 0.0711. The van der Waals surface area contributed by atoms with Crippen LogP contribution in [-0.4, -0.2) is 43.7 Å². The zero-order valence-corrected chi connectivity index (χ0v) is 15.1. The second kappa shape index (κ2) is 9.17. The third-order valence-corrected chi connectivity index (χ3v) is 3.50. The molecule has 2 aromatic rings. The number of rotatable bonds is 8. The number of nitrogens with zero attached hydrogens (tertiary/aromatic N) is 2. The fraction of sp³-hybridized carbons (Fsp3) is 0.125. The smallest absolute Gasteiger partial charge is 0.528 e. The molecule has 13 heteroatoms. The van der Waals surface area contributed by atoms with E-state index in [-0.39, 0.29) is 22.6 Å². The van der Waals surface area contributed by atoms with E-state index in [0.717, 1.165) is 38.5 Å². The number of nitro benzene ring substituents is 2. The molecule has 0 aromatic heterocycles. The summed E-state index contributed by atoms with van der Waals surface area (Å²) in [5.41, 5.74) is -1.04. The lowest BCUT2D eigenvalue weighted by atomic mass is 10.1. The summed E-state index contributed by atoms with van der Waals surface area (Å²) in [6.07, 6.45) is 0. The highest BCUT2D eigenvalue weighted by atomic mass is 16.6. The molecule has 29 heavy (non-hydrogen) atoms. The first-order chi connectivity index (χ1) is 13.7. The summed E-state index contributed by atoms with van der Waals surface area (Å²) < 4.78 is 19.5. The number of carbonyl (C=O) groups excluding carboxylic acids is 2. The molecule has 0 saturated carbocycles. The van der Waals surface area contributed by atoms with E-state index in [9.17, 15) is 29.8 Å². The van der Waals surface area contributed by atoms with Gasteiger partial charge in [0.2, 0.25) is 0 Å². The molecule has 0 aliphatic rings. The molecule has 0 heterocycles. The maximum Gasteiger partial charge on any atom is 0.576 e. The van der Waals surface area contributed by atoms with Gasteiger partial charge in [-0.3, -0.25) is 20.2 Å². The topological polar surface area (TPSA) is 157 Å². The Balaban J connectivity index is 2.21. The summed E-state index contributed by atoms with van der Waals surface area (Å²) >= 11 is 0. The lowest BCUT2D eigenvalue weighted by Crippen LogP contribution is -2.13. The van der Waals surface area contributed by atoms with Gasteiger partial charge in [0.05, 0.1) is 47.3 Å². The molecule has 0 radical (unpaired) electrons. The van der Waals surface area contributed by atoms with Gasteiger partial charge >= 0.3 is 19.6 Å². The van der Waals surface area contributed by atoms with E-state index in [4.69, 9.17) is 9.31 Å². The van der Waals surface area contributed by atoms with Gasteiger partial charge in [-0.2, -0.15) is 0 Å². The van der Waals surface area contributed by atoms with E-state index >= 15 is 0 Å². The van der Waals surface area contributed by atoms with E-state index in [0.29, 0.717) is 0 Å². The van der Waals surface area contributed by atoms with Gasteiger partial charge in [-0.1, -0.05) is 0 Å². The second-order valence-corrected chi connectivity index (χ2v) is 5.34. The van der Waals surface area contributed by atoms with E-state index < -0.39 is 40.8 Å². The lowest BCUT2D eigenvalue weighted by Gasteiger charge is -2.09. The number of esters is 2. The Kier molecular flexibility index (Phi) is 6.69. The van der Waals surface area contributed by atoms with Crippen LogP contribution in [-0.2, 0) is 9.47 Å². The standard InChI is InChI=1S/C16H13BN2O10/c1-26-15(20)9-3-11(18(22)23)7-13(5-9)28-17-29-14-6-10(16(21)27-2)4-12(8-14)19(24)25/h3-8,17H,1-2H3. The predicted octanol–water partition coefficient (Wildman–Crippen LogP) is 1.80. The zero-order valence-electron chi connectivity index (χ0n) is 15.1. The van der Waals surface area contributed by atoms with Crippen LogP contribution < -0.4 is 9.31 Å². The third-order valence-electron chi connectivity index (χ3n) is 3.50. The van der Waals surface area contributed by atoms with Gasteiger partial charge in [-0.05, 0) is 12.1 Å². The molecule has 0 aliphatic heterocycles. The van der Waals surface area contributed by atoms with Crippen molar-refractivity contribution in [2.24, 2.45) is 0 Å². The van der Waals surface area contributed by atoms with Crippen molar-refractivity contribution in [2.45, 2.75) is 0 Å². The van der Waals surface area contributed by atoms with E-state index in [2.05, 4.69) is 9.47 Å².